The molecule has 0 aliphatic carbocycles. The minimum atomic E-state index is -0.226. The Morgan fingerprint density at radius 3 is 2.69 bits per heavy atom. The average Bonchev–Trinajstić information content (AvgIpc) is 2.13. The number of aryl methyl sites for hydroxylation is 1. The Kier molecular flexibility index (Phi) is 2.81. The molecule has 1 nitrogen and oxygen atoms in total. The summed E-state index contributed by atoms with van der Waals surface area (Å²) in [6, 6.07) is 4.72. The number of halogens is 1. The first-order valence-electron chi connectivity index (χ1n) is 3.89. The predicted octanol–water partition coefficient (Wildman–Crippen LogP) is 2.19. The summed E-state index contributed by atoms with van der Waals surface area (Å²) >= 11 is 0. The van der Waals surface area contributed by atoms with Gasteiger partial charge in [0.25, 0.3) is 0 Å². The van der Waals surface area contributed by atoms with Crippen molar-refractivity contribution in [3.8, 4) is 12.3 Å². The van der Waals surface area contributed by atoms with Crippen LogP contribution in [-0.4, -0.2) is 12.8 Å². The first-order chi connectivity index (χ1) is 6.19. The van der Waals surface area contributed by atoms with Crippen LogP contribution >= 0.6 is 0 Å². The SMILES string of the molecule is C#CC(=NC)c1ccc(F)c(C)c1. The Hall–Kier alpha value is -1.62. The van der Waals surface area contributed by atoms with Gasteiger partial charge in [0.1, 0.15) is 11.5 Å². The van der Waals surface area contributed by atoms with Crippen LogP contribution in [0.1, 0.15) is 11.1 Å². The van der Waals surface area contributed by atoms with Gasteiger partial charge in [-0.3, -0.25) is 4.99 Å². The van der Waals surface area contributed by atoms with Crippen molar-refractivity contribution in [3.05, 3.63) is 35.1 Å². The second-order valence-electron chi connectivity index (χ2n) is 2.68. The summed E-state index contributed by atoms with van der Waals surface area (Å²) in [6.45, 7) is 1.70. The molecule has 0 amide bonds. The quantitative estimate of drug-likeness (QED) is 0.458. The highest BCUT2D eigenvalue weighted by Gasteiger charge is 2.02. The first kappa shape index (κ1) is 9.47. The van der Waals surface area contributed by atoms with Gasteiger partial charge in [0.2, 0.25) is 0 Å². The number of hydrogen-bond acceptors (Lipinski definition) is 1. The van der Waals surface area contributed by atoms with Gasteiger partial charge < -0.3 is 0 Å². The van der Waals surface area contributed by atoms with E-state index in [4.69, 9.17) is 6.42 Å². The molecule has 0 saturated heterocycles. The summed E-state index contributed by atoms with van der Waals surface area (Å²) in [5, 5.41) is 0. The minimum Gasteiger partial charge on any atom is -0.279 e. The molecule has 0 atom stereocenters. The molecule has 0 radical (unpaired) electrons. The molecule has 0 aliphatic heterocycles. The highest BCUT2D eigenvalue weighted by molar-refractivity contribution is 6.12. The number of aliphatic imine (C=N–C) groups is 1. The van der Waals surface area contributed by atoms with Crippen LogP contribution in [-0.2, 0) is 0 Å². The van der Waals surface area contributed by atoms with Crippen molar-refractivity contribution in [2.45, 2.75) is 6.92 Å². The van der Waals surface area contributed by atoms with E-state index in [1.54, 1.807) is 26.1 Å². The topological polar surface area (TPSA) is 12.4 Å². The lowest BCUT2D eigenvalue weighted by atomic mass is 10.1. The van der Waals surface area contributed by atoms with Crippen LogP contribution in [0.15, 0.2) is 23.2 Å². The first-order valence-corrected chi connectivity index (χ1v) is 3.89. The smallest absolute Gasteiger partial charge is 0.126 e. The van der Waals surface area contributed by atoms with Gasteiger partial charge in [0, 0.05) is 12.6 Å². The lowest BCUT2D eigenvalue weighted by Gasteiger charge is -2.00. The highest BCUT2D eigenvalue weighted by atomic mass is 19.1. The monoisotopic (exact) mass is 175 g/mol. The molecule has 0 spiro atoms. The largest absolute Gasteiger partial charge is 0.279 e. The Morgan fingerprint density at radius 2 is 2.23 bits per heavy atom. The lowest BCUT2D eigenvalue weighted by Crippen LogP contribution is -1.98. The fourth-order valence-electron chi connectivity index (χ4n) is 1.07. The van der Waals surface area contributed by atoms with Crippen molar-refractivity contribution in [1.82, 2.24) is 0 Å². The van der Waals surface area contributed by atoms with Crippen molar-refractivity contribution in [1.29, 1.82) is 0 Å². The Bertz CT molecular complexity index is 386. The van der Waals surface area contributed by atoms with Gasteiger partial charge in [-0.1, -0.05) is 5.92 Å². The van der Waals surface area contributed by atoms with Gasteiger partial charge in [-0.2, -0.15) is 0 Å². The standard InChI is InChI=1S/C11H10FN/c1-4-11(13-3)9-5-6-10(12)8(2)7-9/h1,5-7H,2-3H3. The third kappa shape index (κ3) is 1.94. The van der Waals surface area contributed by atoms with E-state index in [0.717, 1.165) is 5.56 Å². The fourth-order valence-corrected chi connectivity index (χ4v) is 1.07. The van der Waals surface area contributed by atoms with E-state index >= 15 is 0 Å². The average molecular weight is 175 g/mol. The van der Waals surface area contributed by atoms with E-state index in [2.05, 4.69) is 10.9 Å². The third-order valence-corrected chi connectivity index (χ3v) is 1.79. The van der Waals surface area contributed by atoms with Crippen molar-refractivity contribution in [3.63, 3.8) is 0 Å². The molecule has 0 saturated carbocycles. The summed E-state index contributed by atoms with van der Waals surface area (Å²) in [5.41, 5.74) is 1.90. The molecule has 66 valence electrons. The maximum absolute atomic E-state index is 12.9. The van der Waals surface area contributed by atoms with Crippen LogP contribution in [0, 0.1) is 25.1 Å². The second-order valence-corrected chi connectivity index (χ2v) is 2.68. The molecule has 0 unspecified atom stereocenters. The number of nitrogens with zero attached hydrogens (tertiary/aromatic N) is 1. The van der Waals surface area contributed by atoms with Gasteiger partial charge >= 0.3 is 0 Å². The third-order valence-electron chi connectivity index (χ3n) is 1.79. The highest BCUT2D eigenvalue weighted by Crippen LogP contribution is 2.09. The normalized spacial score (nSPS) is 11.1. The zero-order valence-corrected chi connectivity index (χ0v) is 7.63. The molecule has 2 heteroatoms. The van der Waals surface area contributed by atoms with Crippen molar-refractivity contribution in [2.24, 2.45) is 4.99 Å². The number of terminal acetylenes is 1. The van der Waals surface area contributed by atoms with Gasteiger partial charge in [0.05, 0.1) is 0 Å². The molecule has 13 heavy (non-hydrogen) atoms. The molecule has 0 fully saturated rings. The maximum Gasteiger partial charge on any atom is 0.126 e. The Balaban J connectivity index is 3.20. The summed E-state index contributed by atoms with van der Waals surface area (Å²) < 4.78 is 12.9. The van der Waals surface area contributed by atoms with Crippen LogP contribution < -0.4 is 0 Å². The van der Waals surface area contributed by atoms with Crippen molar-refractivity contribution >= 4 is 5.71 Å². The molecular formula is C11H10FN. The fraction of sp³-hybridized carbons (Fsp3) is 0.182. The number of hydrogen-bond donors (Lipinski definition) is 0. The molecule has 0 heterocycles. The van der Waals surface area contributed by atoms with Crippen LogP contribution in [0.25, 0.3) is 0 Å². The maximum atomic E-state index is 12.9. The van der Waals surface area contributed by atoms with E-state index in [1.165, 1.54) is 6.07 Å². The summed E-state index contributed by atoms with van der Waals surface area (Å²) in [6.07, 6.45) is 5.23. The van der Waals surface area contributed by atoms with Gasteiger partial charge in [-0.05, 0) is 30.7 Å². The lowest BCUT2D eigenvalue weighted by molar-refractivity contribution is 0.618. The molecule has 0 N–H and O–H groups in total. The van der Waals surface area contributed by atoms with Gasteiger partial charge in [0.15, 0.2) is 0 Å². The predicted molar refractivity (Wildman–Crippen MR) is 52.4 cm³/mol. The molecule has 0 aliphatic rings. The van der Waals surface area contributed by atoms with Gasteiger partial charge in [-0.25, -0.2) is 4.39 Å². The number of benzene rings is 1. The summed E-state index contributed by atoms with van der Waals surface area (Å²) in [7, 11) is 1.62. The van der Waals surface area contributed by atoms with Crippen LogP contribution in [0.5, 0.6) is 0 Å². The molecular weight excluding hydrogens is 165 g/mol. The molecule has 0 bridgehead atoms. The molecule has 1 aromatic carbocycles. The zero-order valence-electron chi connectivity index (χ0n) is 7.63. The zero-order chi connectivity index (χ0) is 9.84. The molecule has 0 aromatic heterocycles. The second kappa shape index (κ2) is 3.86. The summed E-state index contributed by atoms with van der Waals surface area (Å²) in [4.78, 5) is 3.91. The van der Waals surface area contributed by atoms with Crippen molar-refractivity contribution in [2.75, 3.05) is 7.05 Å². The van der Waals surface area contributed by atoms with Crippen LogP contribution in [0.4, 0.5) is 4.39 Å². The Morgan fingerprint density at radius 1 is 1.54 bits per heavy atom. The van der Waals surface area contributed by atoms with E-state index < -0.39 is 0 Å². The summed E-state index contributed by atoms with van der Waals surface area (Å²) in [5.74, 6) is 2.22. The van der Waals surface area contributed by atoms with Crippen molar-refractivity contribution < 1.29 is 4.39 Å². The van der Waals surface area contributed by atoms with Crippen LogP contribution in [0.2, 0.25) is 0 Å². The Labute approximate surface area is 77.3 Å². The van der Waals surface area contributed by atoms with E-state index in [1.807, 2.05) is 0 Å². The molecule has 1 aromatic rings. The van der Waals surface area contributed by atoms with E-state index in [-0.39, 0.29) is 5.82 Å². The van der Waals surface area contributed by atoms with Gasteiger partial charge in [-0.15, -0.1) is 6.42 Å². The van der Waals surface area contributed by atoms with Crippen LogP contribution in [0.3, 0.4) is 0 Å². The molecule has 1 rings (SSSR count). The number of rotatable bonds is 1. The van der Waals surface area contributed by atoms with E-state index in [9.17, 15) is 4.39 Å². The minimum absolute atomic E-state index is 0.226. The van der Waals surface area contributed by atoms with E-state index in [0.29, 0.717) is 11.3 Å².